The van der Waals surface area contributed by atoms with E-state index in [0.29, 0.717) is 12.1 Å². The van der Waals surface area contributed by atoms with Gasteiger partial charge in [0.2, 0.25) is 0 Å². The minimum absolute atomic E-state index is 0.0301. The van der Waals surface area contributed by atoms with Crippen molar-refractivity contribution in [3.05, 3.63) is 17.0 Å². The molecule has 0 spiro atoms. The lowest BCUT2D eigenvalue weighted by molar-refractivity contribution is -0.141. The number of H-pyrrole nitrogens is 1. The number of Topliss-reactive ketones (excluding diaryl/α,β-unsaturated/α-hetero) is 1. The summed E-state index contributed by atoms with van der Waals surface area (Å²) in [5.41, 5.74) is -0.635. The van der Waals surface area contributed by atoms with Crippen LogP contribution in [0.25, 0.3) is 0 Å². The van der Waals surface area contributed by atoms with Gasteiger partial charge in [0.05, 0.1) is 0 Å². The Morgan fingerprint density at radius 1 is 1.47 bits per heavy atom. The summed E-state index contributed by atoms with van der Waals surface area (Å²) in [6.45, 7) is 2.96. The van der Waals surface area contributed by atoms with Crippen LogP contribution in [0.2, 0.25) is 0 Å². The van der Waals surface area contributed by atoms with Crippen LogP contribution in [-0.2, 0) is 23.8 Å². The highest BCUT2D eigenvalue weighted by atomic mass is 19.4. The van der Waals surface area contributed by atoms with Gasteiger partial charge in [0, 0.05) is 17.7 Å². The second-order valence-electron chi connectivity index (χ2n) is 3.26. The molecule has 0 aliphatic carbocycles. The molecule has 6 heteroatoms. The second-order valence-corrected chi connectivity index (χ2v) is 3.26. The molecule has 0 aliphatic heterocycles. The molecule has 1 rings (SSSR count). The summed E-state index contributed by atoms with van der Waals surface area (Å²) in [5, 5.41) is 5.52. The fourth-order valence-electron chi connectivity index (χ4n) is 1.37. The monoisotopic (exact) mass is 220 g/mol. The highest BCUT2D eigenvalue weighted by molar-refractivity contribution is 5.78. The molecule has 0 bridgehead atoms. The highest BCUT2D eigenvalue weighted by Gasteiger charge is 2.37. The number of nitrogens with one attached hydrogen (secondary N) is 1. The van der Waals surface area contributed by atoms with Crippen molar-refractivity contribution < 1.29 is 18.0 Å². The number of halogens is 3. The van der Waals surface area contributed by atoms with E-state index in [9.17, 15) is 18.0 Å². The van der Waals surface area contributed by atoms with Gasteiger partial charge in [-0.15, -0.1) is 0 Å². The third-order valence-electron chi connectivity index (χ3n) is 2.00. The number of aryl methyl sites for hydroxylation is 1. The van der Waals surface area contributed by atoms with Crippen molar-refractivity contribution in [2.24, 2.45) is 0 Å². The van der Waals surface area contributed by atoms with Crippen molar-refractivity contribution in [3.63, 3.8) is 0 Å². The number of rotatable bonds is 3. The van der Waals surface area contributed by atoms with Crippen LogP contribution < -0.4 is 0 Å². The van der Waals surface area contributed by atoms with Crippen molar-refractivity contribution >= 4 is 5.78 Å². The van der Waals surface area contributed by atoms with Gasteiger partial charge in [-0.25, -0.2) is 0 Å². The van der Waals surface area contributed by atoms with Crippen LogP contribution >= 0.6 is 0 Å². The van der Waals surface area contributed by atoms with E-state index in [1.54, 1.807) is 6.92 Å². The Labute approximate surface area is 84.7 Å². The van der Waals surface area contributed by atoms with Gasteiger partial charge in [-0.05, 0) is 13.3 Å². The summed E-state index contributed by atoms with van der Waals surface area (Å²) < 4.78 is 37.4. The van der Waals surface area contributed by atoms with Crippen LogP contribution in [0.5, 0.6) is 0 Å². The normalized spacial score (nSPS) is 11.8. The molecule has 0 atom stereocenters. The number of carbonyl (C=O) groups is 1. The SMILES string of the molecule is CCc1[nH]nc(C(F)(F)F)c1CC(C)=O. The Balaban J connectivity index is 3.17. The number of aromatic nitrogens is 2. The molecule has 1 aromatic rings. The maximum atomic E-state index is 12.5. The van der Waals surface area contributed by atoms with Crippen LogP contribution in [0.3, 0.4) is 0 Å². The average molecular weight is 220 g/mol. The third kappa shape index (κ3) is 2.57. The summed E-state index contributed by atoms with van der Waals surface area (Å²) in [5.74, 6) is -0.309. The van der Waals surface area contributed by atoms with Crippen LogP contribution in [-0.4, -0.2) is 16.0 Å². The van der Waals surface area contributed by atoms with Gasteiger partial charge in [-0.2, -0.15) is 18.3 Å². The number of hydrogen-bond acceptors (Lipinski definition) is 2. The first-order valence-electron chi connectivity index (χ1n) is 4.49. The molecule has 0 saturated carbocycles. The Morgan fingerprint density at radius 3 is 2.47 bits per heavy atom. The van der Waals surface area contributed by atoms with E-state index >= 15 is 0 Å². The third-order valence-corrected chi connectivity index (χ3v) is 2.00. The van der Waals surface area contributed by atoms with Gasteiger partial charge in [0.15, 0.2) is 5.69 Å². The van der Waals surface area contributed by atoms with E-state index in [4.69, 9.17) is 0 Å². The quantitative estimate of drug-likeness (QED) is 0.848. The first kappa shape index (κ1) is 11.7. The van der Waals surface area contributed by atoms with E-state index in [2.05, 4.69) is 10.2 Å². The molecule has 0 saturated heterocycles. The number of nitrogens with zero attached hydrogens (tertiary/aromatic N) is 1. The second kappa shape index (κ2) is 4.04. The predicted octanol–water partition coefficient (Wildman–Crippen LogP) is 2.12. The summed E-state index contributed by atoms with van der Waals surface area (Å²) in [6, 6.07) is 0. The van der Waals surface area contributed by atoms with Gasteiger partial charge >= 0.3 is 6.18 Å². The topological polar surface area (TPSA) is 45.8 Å². The fraction of sp³-hybridized carbons (Fsp3) is 0.556. The first-order chi connectivity index (χ1) is 6.86. The molecule has 15 heavy (non-hydrogen) atoms. The molecule has 3 nitrogen and oxygen atoms in total. The summed E-state index contributed by atoms with van der Waals surface area (Å²) >= 11 is 0. The number of hydrogen-bond donors (Lipinski definition) is 1. The van der Waals surface area contributed by atoms with Crippen LogP contribution in [0.15, 0.2) is 0 Å². The van der Waals surface area contributed by atoms with Gasteiger partial charge in [-0.3, -0.25) is 9.89 Å². The minimum Gasteiger partial charge on any atom is -0.300 e. The number of aromatic amines is 1. The summed E-state index contributed by atoms with van der Waals surface area (Å²) in [7, 11) is 0. The molecular weight excluding hydrogens is 209 g/mol. The summed E-state index contributed by atoms with van der Waals surface area (Å²) in [4.78, 5) is 10.8. The van der Waals surface area contributed by atoms with Crippen molar-refractivity contribution in [2.75, 3.05) is 0 Å². The van der Waals surface area contributed by atoms with Crippen LogP contribution in [0, 0.1) is 0 Å². The highest BCUT2D eigenvalue weighted by Crippen LogP contribution is 2.32. The predicted molar refractivity (Wildman–Crippen MR) is 47.4 cm³/mol. The van der Waals surface area contributed by atoms with E-state index in [1.807, 2.05) is 0 Å². The molecule has 1 aromatic heterocycles. The smallest absolute Gasteiger partial charge is 0.300 e. The molecule has 0 aromatic carbocycles. The Kier molecular flexibility index (Phi) is 3.16. The van der Waals surface area contributed by atoms with Crippen LogP contribution in [0.4, 0.5) is 13.2 Å². The standard InChI is InChI=1S/C9H11F3N2O/c1-3-7-6(4-5(2)15)8(14-13-7)9(10,11)12/h3-4H2,1-2H3,(H,13,14). The molecule has 0 radical (unpaired) electrons. The lowest BCUT2D eigenvalue weighted by atomic mass is 10.1. The maximum Gasteiger partial charge on any atom is 0.435 e. The first-order valence-corrected chi connectivity index (χ1v) is 4.49. The van der Waals surface area contributed by atoms with E-state index in [0.717, 1.165) is 0 Å². The van der Waals surface area contributed by atoms with Gasteiger partial charge in [0.25, 0.3) is 0 Å². The zero-order valence-corrected chi connectivity index (χ0v) is 8.40. The molecule has 0 aliphatic rings. The van der Waals surface area contributed by atoms with E-state index < -0.39 is 11.9 Å². The molecule has 1 N–H and O–H groups in total. The zero-order chi connectivity index (χ0) is 11.6. The Bertz CT molecular complexity index is 368. The largest absolute Gasteiger partial charge is 0.435 e. The fourth-order valence-corrected chi connectivity index (χ4v) is 1.37. The molecule has 0 amide bonds. The van der Waals surface area contributed by atoms with Crippen molar-refractivity contribution in [1.29, 1.82) is 0 Å². The average Bonchev–Trinajstić information content (AvgIpc) is 2.45. The molecule has 0 fully saturated rings. The Morgan fingerprint density at radius 2 is 2.07 bits per heavy atom. The van der Waals surface area contributed by atoms with Crippen molar-refractivity contribution in [2.45, 2.75) is 32.9 Å². The Hall–Kier alpha value is -1.33. The van der Waals surface area contributed by atoms with Gasteiger partial charge in [0.1, 0.15) is 5.78 Å². The van der Waals surface area contributed by atoms with Gasteiger partial charge in [-0.1, -0.05) is 6.92 Å². The number of carbonyl (C=O) groups excluding carboxylic acids is 1. The maximum absolute atomic E-state index is 12.5. The minimum atomic E-state index is -4.51. The van der Waals surface area contributed by atoms with Crippen molar-refractivity contribution in [1.82, 2.24) is 10.2 Å². The zero-order valence-electron chi connectivity index (χ0n) is 8.40. The number of ketones is 1. The molecule has 0 unspecified atom stereocenters. The molecule has 1 heterocycles. The van der Waals surface area contributed by atoms with E-state index in [-0.39, 0.29) is 17.8 Å². The lowest BCUT2D eigenvalue weighted by Crippen LogP contribution is -2.11. The molecular formula is C9H11F3N2O. The lowest BCUT2D eigenvalue weighted by Gasteiger charge is -2.05. The van der Waals surface area contributed by atoms with Gasteiger partial charge < -0.3 is 0 Å². The van der Waals surface area contributed by atoms with Crippen molar-refractivity contribution in [3.8, 4) is 0 Å². The summed E-state index contributed by atoms with van der Waals surface area (Å²) in [6.07, 6.45) is -4.34. The van der Waals surface area contributed by atoms with E-state index in [1.165, 1.54) is 6.92 Å². The number of alkyl halides is 3. The molecule has 84 valence electrons. The van der Waals surface area contributed by atoms with Crippen LogP contribution in [0.1, 0.15) is 30.8 Å².